The number of nitrogens with one attached hydrogen (secondary N) is 1. The van der Waals surface area contributed by atoms with E-state index in [1.807, 2.05) is 0 Å². The Labute approximate surface area is 109 Å². The first-order valence-corrected chi connectivity index (χ1v) is 8.54. The fraction of sp³-hybridized carbons (Fsp3) is 0.917. The number of nitrogens with two attached hydrogens (primary N) is 1. The molecule has 2 atom stereocenters. The van der Waals surface area contributed by atoms with Gasteiger partial charge in [-0.15, -0.1) is 0 Å². The third-order valence-corrected chi connectivity index (χ3v) is 4.85. The van der Waals surface area contributed by atoms with E-state index in [0.717, 1.165) is 25.5 Å². The van der Waals surface area contributed by atoms with Crippen molar-refractivity contribution in [3.8, 4) is 0 Å². The van der Waals surface area contributed by atoms with Gasteiger partial charge < -0.3 is 11.1 Å². The van der Waals surface area contributed by atoms with E-state index in [-0.39, 0.29) is 23.6 Å². The van der Waals surface area contributed by atoms with Crippen molar-refractivity contribution in [2.24, 2.45) is 11.7 Å². The van der Waals surface area contributed by atoms with Gasteiger partial charge in [0, 0.05) is 19.2 Å². The number of sulfone groups is 1. The zero-order valence-electron chi connectivity index (χ0n) is 11.2. The highest BCUT2D eigenvalue weighted by Gasteiger charge is 2.38. The van der Waals surface area contributed by atoms with E-state index >= 15 is 0 Å². The number of hydrogen-bond donors (Lipinski definition) is 2. The molecule has 0 aromatic rings. The molecule has 0 heterocycles. The highest BCUT2D eigenvalue weighted by atomic mass is 32.2. The summed E-state index contributed by atoms with van der Waals surface area (Å²) in [5.41, 5.74) is 5.49. The van der Waals surface area contributed by atoms with Crippen molar-refractivity contribution < 1.29 is 13.2 Å². The molecule has 1 aliphatic rings. The van der Waals surface area contributed by atoms with Crippen LogP contribution in [0.1, 0.15) is 39.0 Å². The predicted molar refractivity (Wildman–Crippen MR) is 71.9 cm³/mol. The second kappa shape index (κ2) is 6.02. The molecule has 1 amide bonds. The summed E-state index contributed by atoms with van der Waals surface area (Å²) in [6, 6.07) is 0. The second-order valence-electron chi connectivity index (χ2n) is 5.44. The van der Waals surface area contributed by atoms with Crippen molar-refractivity contribution in [1.82, 2.24) is 5.32 Å². The summed E-state index contributed by atoms with van der Waals surface area (Å²) in [6.45, 7) is 2.52. The Morgan fingerprint density at radius 3 is 2.61 bits per heavy atom. The molecular formula is C12H24N2O3S. The molecule has 0 aromatic carbocycles. The second-order valence-corrected chi connectivity index (χ2v) is 7.69. The molecule has 0 saturated heterocycles. The molecule has 18 heavy (non-hydrogen) atoms. The van der Waals surface area contributed by atoms with E-state index < -0.39 is 9.84 Å². The van der Waals surface area contributed by atoms with Crippen molar-refractivity contribution in [1.29, 1.82) is 0 Å². The molecule has 1 rings (SSSR count). The van der Waals surface area contributed by atoms with Gasteiger partial charge >= 0.3 is 0 Å². The third kappa shape index (κ3) is 4.24. The molecule has 0 aromatic heterocycles. The smallest absolute Gasteiger partial charge is 0.221 e. The van der Waals surface area contributed by atoms with Crippen LogP contribution in [0.5, 0.6) is 0 Å². The SMILES string of the molecule is CC1CCCCC1(CN)NC(=O)CCS(C)(=O)=O. The molecule has 0 spiro atoms. The average Bonchev–Trinajstić information content (AvgIpc) is 2.29. The monoisotopic (exact) mass is 276 g/mol. The Morgan fingerprint density at radius 2 is 2.11 bits per heavy atom. The van der Waals surface area contributed by atoms with Gasteiger partial charge in [-0.25, -0.2) is 8.42 Å². The van der Waals surface area contributed by atoms with Gasteiger partial charge in [0.15, 0.2) is 0 Å². The lowest BCUT2D eigenvalue weighted by Crippen LogP contribution is -2.59. The first-order valence-electron chi connectivity index (χ1n) is 6.48. The van der Waals surface area contributed by atoms with E-state index in [2.05, 4.69) is 12.2 Å². The minimum atomic E-state index is -3.09. The highest BCUT2D eigenvalue weighted by Crippen LogP contribution is 2.32. The van der Waals surface area contributed by atoms with Crippen molar-refractivity contribution in [2.75, 3.05) is 18.6 Å². The summed E-state index contributed by atoms with van der Waals surface area (Å²) in [5.74, 6) is 0.0338. The van der Waals surface area contributed by atoms with Crippen LogP contribution in [0.3, 0.4) is 0 Å². The van der Waals surface area contributed by atoms with Crippen LogP contribution in [-0.4, -0.2) is 38.4 Å². The van der Waals surface area contributed by atoms with E-state index in [4.69, 9.17) is 5.73 Å². The van der Waals surface area contributed by atoms with Crippen molar-refractivity contribution in [3.63, 3.8) is 0 Å². The van der Waals surface area contributed by atoms with E-state index in [9.17, 15) is 13.2 Å². The van der Waals surface area contributed by atoms with Crippen molar-refractivity contribution in [2.45, 2.75) is 44.6 Å². The molecule has 106 valence electrons. The Morgan fingerprint density at radius 1 is 1.44 bits per heavy atom. The molecule has 3 N–H and O–H groups in total. The van der Waals surface area contributed by atoms with Gasteiger partial charge in [0.1, 0.15) is 9.84 Å². The summed E-state index contributed by atoms with van der Waals surface area (Å²) in [7, 11) is -3.09. The van der Waals surface area contributed by atoms with Gasteiger partial charge in [0.05, 0.1) is 11.3 Å². The van der Waals surface area contributed by atoms with Crippen molar-refractivity contribution >= 4 is 15.7 Å². The molecule has 0 bridgehead atoms. The minimum Gasteiger partial charge on any atom is -0.349 e. The standard InChI is InChI=1S/C12H24N2O3S/c1-10-5-3-4-7-12(10,9-13)14-11(15)6-8-18(2,16)17/h10H,3-9,13H2,1-2H3,(H,14,15). The molecule has 1 saturated carbocycles. The zero-order chi connectivity index (χ0) is 13.8. The molecule has 5 nitrogen and oxygen atoms in total. The molecule has 0 radical (unpaired) electrons. The molecule has 1 fully saturated rings. The molecular weight excluding hydrogens is 252 g/mol. The number of hydrogen-bond acceptors (Lipinski definition) is 4. The number of carbonyl (C=O) groups excluding carboxylic acids is 1. The van der Waals surface area contributed by atoms with Gasteiger partial charge in [0.2, 0.25) is 5.91 Å². The van der Waals surface area contributed by atoms with Crippen LogP contribution in [0.15, 0.2) is 0 Å². The summed E-state index contributed by atoms with van der Waals surface area (Å²) >= 11 is 0. The maximum atomic E-state index is 11.8. The van der Waals surface area contributed by atoms with Crippen LogP contribution in [-0.2, 0) is 14.6 Å². The maximum Gasteiger partial charge on any atom is 0.221 e. The zero-order valence-corrected chi connectivity index (χ0v) is 12.1. The predicted octanol–water partition coefficient (Wildman–Crippen LogP) is 0.445. The van der Waals surface area contributed by atoms with Crippen LogP contribution in [0, 0.1) is 5.92 Å². The van der Waals surface area contributed by atoms with Gasteiger partial charge in [-0.3, -0.25) is 4.79 Å². The minimum absolute atomic E-state index is 0.0211. The summed E-state index contributed by atoms with van der Waals surface area (Å²) in [6.07, 6.45) is 5.34. The quantitative estimate of drug-likeness (QED) is 0.762. The van der Waals surface area contributed by atoms with Crippen molar-refractivity contribution in [3.05, 3.63) is 0 Å². The molecule has 6 heteroatoms. The molecule has 1 aliphatic carbocycles. The fourth-order valence-corrected chi connectivity index (χ4v) is 3.13. The Bertz CT molecular complexity index is 394. The van der Waals surface area contributed by atoms with Crippen LogP contribution >= 0.6 is 0 Å². The van der Waals surface area contributed by atoms with E-state index in [0.29, 0.717) is 12.5 Å². The highest BCUT2D eigenvalue weighted by molar-refractivity contribution is 7.90. The van der Waals surface area contributed by atoms with Crippen LogP contribution < -0.4 is 11.1 Å². The van der Waals surface area contributed by atoms with Gasteiger partial charge in [0.25, 0.3) is 0 Å². The Hall–Kier alpha value is -0.620. The number of amides is 1. The average molecular weight is 276 g/mol. The van der Waals surface area contributed by atoms with Gasteiger partial charge in [-0.1, -0.05) is 19.8 Å². The summed E-state index contributed by atoms with van der Waals surface area (Å²) < 4.78 is 22.1. The normalized spacial score (nSPS) is 28.9. The van der Waals surface area contributed by atoms with E-state index in [1.165, 1.54) is 6.42 Å². The number of rotatable bonds is 5. The first-order chi connectivity index (χ1) is 8.29. The van der Waals surface area contributed by atoms with Gasteiger partial charge in [-0.05, 0) is 18.8 Å². The Balaban J connectivity index is 2.59. The van der Waals surface area contributed by atoms with Crippen LogP contribution in [0.2, 0.25) is 0 Å². The first kappa shape index (κ1) is 15.4. The Kier molecular flexibility index (Phi) is 5.16. The lowest BCUT2D eigenvalue weighted by molar-refractivity contribution is -0.123. The lowest BCUT2D eigenvalue weighted by atomic mass is 9.73. The fourth-order valence-electron chi connectivity index (χ4n) is 2.57. The summed E-state index contributed by atoms with van der Waals surface area (Å²) in [4.78, 5) is 11.8. The summed E-state index contributed by atoms with van der Waals surface area (Å²) in [5, 5.41) is 2.98. The van der Waals surface area contributed by atoms with Crippen LogP contribution in [0.4, 0.5) is 0 Å². The molecule has 0 aliphatic heterocycles. The van der Waals surface area contributed by atoms with E-state index in [1.54, 1.807) is 0 Å². The lowest BCUT2D eigenvalue weighted by Gasteiger charge is -2.42. The molecule has 2 unspecified atom stereocenters. The number of carbonyl (C=O) groups is 1. The maximum absolute atomic E-state index is 11.8. The topological polar surface area (TPSA) is 89.3 Å². The third-order valence-electron chi connectivity index (χ3n) is 3.91. The largest absolute Gasteiger partial charge is 0.349 e. The van der Waals surface area contributed by atoms with Crippen LogP contribution in [0.25, 0.3) is 0 Å². The van der Waals surface area contributed by atoms with Gasteiger partial charge in [-0.2, -0.15) is 0 Å².